The van der Waals surface area contributed by atoms with E-state index in [-0.39, 0.29) is 6.10 Å². The first-order chi connectivity index (χ1) is 7.79. The number of nitrogens with one attached hydrogen (secondary N) is 1. The molecule has 0 spiro atoms. The van der Waals surface area contributed by atoms with Crippen LogP contribution in [0.3, 0.4) is 0 Å². The van der Waals surface area contributed by atoms with Crippen molar-refractivity contribution >= 4 is 0 Å². The van der Waals surface area contributed by atoms with Crippen molar-refractivity contribution in [2.24, 2.45) is 5.92 Å². The molecule has 1 aliphatic rings. The van der Waals surface area contributed by atoms with Gasteiger partial charge in [-0.1, -0.05) is 13.8 Å². The summed E-state index contributed by atoms with van der Waals surface area (Å²) in [7, 11) is 0. The van der Waals surface area contributed by atoms with Crippen molar-refractivity contribution in [1.82, 2.24) is 15.3 Å². The number of hydrogen-bond acceptors (Lipinski definition) is 4. The quantitative estimate of drug-likeness (QED) is 0.838. The molecule has 0 bridgehead atoms. The van der Waals surface area contributed by atoms with Gasteiger partial charge in [0.1, 0.15) is 12.4 Å². The summed E-state index contributed by atoms with van der Waals surface area (Å²) in [5.74, 6) is 1.29. The largest absolute Gasteiger partial charge is 0.473 e. The fraction of sp³-hybridized carbons (Fsp3) is 0.667. The summed E-state index contributed by atoms with van der Waals surface area (Å²) >= 11 is 0. The molecular formula is C12H19N3O. The zero-order valence-electron chi connectivity index (χ0n) is 9.94. The van der Waals surface area contributed by atoms with Gasteiger partial charge in [-0.2, -0.15) is 0 Å². The van der Waals surface area contributed by atoms with Gasteiger partial charge in [0, 0.05) is 18.3 Å². The normalized spacial score (nSPS) is 25.4. The smallest absolute Gasteiger partial charge is 0.216 e. The number of piperidine rings is 1. The first kappa shape index (κ1) is 11.3. The van der Waals surface area contributed by atoms with E-state index in [1.54, 1.807) is 6.33 Å². The van der Waals surface area contributed by atoms with Crippen molar-refractivity contribution in [3.63, 3.8) is 0 Å². The highest BCUT2D eigenvalue weighted by atomic mass is 16.5. The van der Waals surface area contributed by atoms with Crippen molar-refractivity contribution in [1.29, 1.82) is 0 Å². The summed E-state index contributed by atoms with van der Waals surface area (Å²) in [6.45, 7) is 6.31. The van der Waals surface area contributed by atoms with E-state index in [4.69, 9.17) is 4.74 Å². The van der Waals surface area contributed by atoms with Crippen LogP contribution in [0.1, 0.15) is 26.0 Å². The zero-order chi connectivity index (χ0) is 11.4. The standard InChI is InChI=1S/C12H19N3O/c1-3-10-6-12(15-8-14-10)16-11-7-13-5-4-9(11)2/h6,8-9,11,13H,3-5,7H2,1-2H3. The van der Waals surface area contributed by atoms with Crippen LogP contribution < -0.4 is 10.1 Å². The maximum atomic E-state index is 5.90. The summed E-state index contributed by atoms with van der Waals surface area (Å²) in [4.78, 5) is 8.32. The Morgan fingerprint density at radius 1 is 1.50 bits per heavy atom. The molecule has 1 aromatic heterocycles. The topological polar surface area (TPSA) is 47.0 Å². The predicted molar refractivity (Wildman–Crippen MR) is 62.5 cm³/mol. The molecule has 1 N–H and O–H groups in total. The number of aryl methyl sites for hydroxylation is 1. The zero-order valence-corrected chi connectivity index (χ0v) is 9.94. The number of nitrogens with zero attached hydrogens (tertiary/aromatic N) is 2. The minimum atomic E-state index is 0.230. The maximum absolute atomic E-state index is 5.90. The van der Waals surface area contributed by atoms with Crippen LogP contribution in [-0.4, -0.2) is 29.2 Å². The lowest BCUT2D eigenvalue weighted by Gasteiger charge is -2.29. The Hall–Kier alpha value is -1.16. The maximum Gasteiger partial charge on any atom is 0.216 e. The molecule has 2 unspecified atom stereocenters. The van der Waals surface area contributed by atoms with Crippen LogP contribution in [0.25, 0.3) is 0 Å². The van der Waals surface area contributed by atoms with Crippen LogP contribution in [-0.2, 0) is 6.42 Å². The lowest BCUT2D eigenvalue weighted by molar-refractivity contribution is 0.109. The second-order valence-corrected chi connectivity index (χ2v) is 4.33. The molecule has 0 radical (unpaired) electrons. The summed E-state index contributed by atoms with van der Waals surface area (Å²) < 4.78 is 5.90. The highest BCUT2D eigenvalue weighted by molar-refractivity contribution is 5.13. The molecule has 1 saturated heterocycles. The van der Waals surface area contributed by atoms with E-state index in [9.17, 15) is 0 Å². The summed E-state index contributed by atoms with van der Waals surface area (Å²) in [6.07, 6.45) is 3.89. The van der Waals surface area contributed by atoms with E-state index < -0.39 is 0 Å². The van der Waals surface area contributed by atoms with E-state index in [1.165, 1.54) is 0 Å². The Balaban J connectivity index is 2.01. The third kappa shape index (κ3) is 2.70. The highest BCUT2D eigenvalue weighted by Gasteiger charge is 2.22. The van der Waals surface area contributed by atoms with Crippen molar-refractivity contribution in [2.75, 3.05) is 13.1 Å². The van der Waals surface area contributed by atoms with Crippen molar-refractivity contribution in [3.8, 4) is 5.88 Å². The molecule has 1 fully saturated rings. The molecule has 0 amide bonds. The molecule has 88 valence electrons. The van der Waals surface area contributed by atoms with Crippen LogP contribution in [0.2, 0.25) is 0 Å². The number of rotatable bonds is 3. The first-order valence-electron chi connectivity index (χ1n) is 5.98. The minimum Gasteiger partial charge on any atom is -0.473 e. The van der Waals surface area contributed by atoms with Crippen LogP contribution in [0, 0.1) is 5.92 Å². The monoisotopic (exact) mass is 221 g/mol. The van der Waals surface area contributed by atoms with Gasteiger partial charge in [-0.05, 0) is 25.3 Å². The first-order valence-corrected chi connectivity index (χ1v) is 5.98. The summed E-state index contributed by atoms with van der Waals surface area (Å²) in [5, 5.41) is 3.35. The molecule has 2 heterocycles. The van der Waals surface area contributed by atoms with Gasteiger partial charge in [0.2, 0.25) is 5.88 Å². The molecule has 2 atom stereocenters. The Kier molecular flexibility index (Phi) is 3.72. The molecule has 0 saturated carbocycles. The van der Waals surface area contributed by atoms with E-state index >= 15 is 0 Å². The molecule has 0 aliphatic carbocycles. The van der Waals surface area contributed by atoms with Crippen molar-refractivity contribution in [3.05, 3.63) is 18.1 Å². The van der Waals surface area contributed by atoms with Gasteiger partial charge in [0.05, 0.1) is 0 Å². The molecule has 4 nitrogen and oxygen atoms in total. The molecule has 2 rings (SSSR count). The van der Waals surface area contributed by atoms with E-state index in [2.05, 4.69) is 29.1 Å². The fourth-order valence-corrected chi connectivity index (χ4v) is 1.91. The number of hydrogen-bond donors (Lipinski definition) is 1. The van der Waals surface area contributed by atoms with Crippen LogP contribution >= 0.6 is 0 Å². The van der Waals surface area contributed by atoms with Crippen LogP contribution in [0.4, 0.5) is 0 Å². The van der Waals surface area contributed by atoms with E-state index in [1.807, 2.05) is 6.07 Å². The number of ether oxygens (including phenoxy) is 1. The van der Waals surface area contributed by atoms with E-state index in [0.29, 0.717) is 11.8 Å². The second kappa shape index (κ2) is 5.25. The summed E-state index contributed by atoms with van der Waals surface area (Å²) in [6, 6.07) is 1.93. The highest BCUT2D eigenvalue weighted by Crippen LogP contribution is 2.18. The van der Waals surface area contributed by atoms with Gasteiger partial charge in [-0.25, -0.2) is 9.97 Å². The Labute approximate surface area is 96.4 Å². The molecule has 0 aromatic carbocycles. The molecule has 1 aliphatic heterocycles. The minimum absolute atomic E-state index is 0.230. The summed E-state index contributed by atoms with van der Waals surface area (Å²) in [5.41, 5.74) is 1.03. The molecule has 4 heteroatoms. The Bertz CT molecular complexity index is 343. The lowest BCUT2D eigenvalue weighted by atomic mass is 9.97. The van der Waals surface area contributed by atoms with Gasteiger partial charge in [-0.15, -0.1) is 0 Å². The van der Waals surface area contributed by atoms with Gasteiger partial charge >= 0.3 is 0 Å². The number of aromatic nitrogens is 2. The Morgan fingerprint density at radius 3 is 3.12 bits per heavy atom. The molecule has 16 heavy (non-hydrogen) atoms. The lowest BCUT2D eigenvalue weighted by Crippen LogP contribution is -2.43. The van der Waals surface area contributed by atoms with Gasteiger partial charge in [0.25, 0.3) is 0 Å². The second-order valence-electron chi connectivity index (χ2n) is 4.33. The SMILES string of the molecule is CCc1cc(OC2CNCCC2C)ncn1. The predicted octanol–water partition coefficient (Wildman–Crippen LogP) is 1.42. The van der Waals surface area contributed by atoms with Crippen molar-refractivity contribution < 1.29 is 4.74 Å². The third-order valence-electron chi connectivity index (χ3n) is 3.09. The average molecular weight is 221 g/mol. The van der Waals surface area contributed by atoms with Crippen LogP contribution in [0.5, 0.6) is 5.88 Å². The average Bonchev–Trinajstić information content (AvgIpc) is 2.32. The fourth-order valence-electron chi connectivity index (χ4n) is 1.91. The molecular weight excluding hydrogens is 202 g/mol. The molecule has 1 aromatic rings. The van der Waals surface area contributed by atoms with Gasteiger partial charge in [-0.3, -0.25) is 0 Å². The van der Waals surface area contributed by atoms with Crippen LogP contribution in [0.15, 0.2) is 12.4 Å². The van der Waals surface area contributed by atoms with Gasteiger partial charge in [0.15, 0.2) is 0 Å². The van der Waals surface area contributed by atoms with Crippen molar-refractivity contribution in [2.45, 2.75) is 32.8 Å². The third-order valence-corrected chi connectivity index (χ3v) is 3.09. The van der Waals surface area contributed by atoms with E-state index in [0.717, 1.165) is 31.6 Å². The van der Waals surface area contributed by atoms with Gasteiger partial charge < -0.3 is 10.1 Å². The Morgan fingerprint density at radius 2 is 2.38 bits per heavy atom.